The van der Waals surface area contributed by atoms with E-state index >= 15 is 0 Å². The van der Waals surface area contributed by atoms with Gasteiger partial charge in [0.2, 0.25) is 0 Å². The Morgan fingerprint density at radius 3 is 2.44 bits per heavy atom. The van der Waals surface area contributed by atoms with Gasteiger partial charge in [0.15, 0.2) is 0 Å². The van der Waals surface area contributed by atoms with Gasteiger partial charge in [-0.15, -0.1) is 0 Å². The summed E-state index contributed by atoms with van der Waals surface area (Å²) in [5.74, 6) is 0.648. The standard InChI is InChI=1S/C15H25BrN2/c1-6-17-10-13-7-8-14(9-15(13)16)18(5)12(4)11(2)3/h7-9,11-12,17H,6,10H2,1-5H3. The van der Waals surface area contributed by atoms with Gasteiger partial charge in [0.25, 0.3) is 0 Å². The van der Waals surface area contributed by atoms with Crippen molar-refractivity contribution in [3.8, 4) is 0 Å². The van der Waals surface area contributed by atoms with E-state index < -0.39 is 0 Å². The number of hydrogen-bond donors (Lipinski definition) is 1. The fourth-order valence-corrected chi connectivity index (χ4v) is 2.35. The molecule has 0 bridgehead atoms. The fraction of sp³-hybridized carbons (Fsp3) is 0.600. The van der Waals surface area contributed by atoms with Crippen LogP contribution in [0.5, 0.6) is 0 Å². The first-order valence-electron chi connectivity index (χ1n) is 6.69. The Morgan fingerprint density at radius 1 is 1.28 bits per heavy atom. The van der Waals surface area contributed by atoms with Crippen molar-refractivity contribution in [1.82, 2.24) is 5.32 Å². The van der Waals surface area contributed by atoms with Crippen molar-refractivity contribution in [1.29, 1.82) is 0 Å². The maximum absolute atomic E-state index is 3.67. The first-order chi connectivity index (χ1) is 8.47. The normalized spacial score (nSPS) is 12.8. The summed E-state index contributed by atoms with van der Waals surface area (Å²) < 4.78 is 1.18. The summed E-state index contributed by atoms with van der Waals surface area (Å²) in [6.07, 6.45) is 0. The molecule has 0 aromatic heterocycles. The Bertz CT molecular complexity index is 377. The van der Waals surface area contributed by atoms with E-state index in [1.54, 1.807) is 0 Å². The van der Waals surface area contributed by atoms with Crippen LogP contribution in [0, 0.1) is 5.92 Å². The van der Waals surface area contributed by atoms with Crippen LogP contribution in [0.4, 0.5) is 5.69 Å². The fourth-order valence-electron chi connectivity index (χ4n) is 1.84. The molecule has 0 saturated carbocycles. The molecule has 1 atom stereocenters. The van der Waals surface area contributed by atoms with Gasteiger partial charge in [0, 0.05) is 29.8 Å². The topological polar surface area (TPSA) is 15.3 Å². The van der Waals surface area contributed by atoms with E-state index in [0.717, 1.165) is 13.1 Å². The Morgan fingerprint density at radius 2 is 1.94 bits per heavy atom. The SMILES string of the molecule is CCNCc1ccc(N(C)C(C)C(C)C)cc1Br. The number of benzene rings is 1. The lowest BCUT2D eigenvalue weighted by molar-refractivity contribution is 0.505. The van der Waals surface area contributed by atoms with Gasteiger partial charge in [-0.3, -0.25) is 0 Å². The summed E-state index contributed by atoms with van der Waals surface area (Å²) in [4.78, 5) is 2.34. The molecule has 0 aliphatic carbocycles. The minimum atomic E-state index is 0.538. The highest BCUT2D eigenvalue weighted by Crippen LogP contribution is 2.26. The summed E-state index contributed by atoms with van der Waals surface area (Å²) in [7, 11) is 2.16. The number of anilines is 1. The molecule has 1 rings (SSSR count). The molecule has 0 fully saturated rings. The van der Waals surface area contributed by atoms with Crippen molar-refractivity contribution in [2.75, 3.05) is 18.5 Å². The molecule has 1 aromatic carbocycles. The molecule has 2 nitrogen and oxygen atoms in total. The molecular weight excluding hydrogens is 288 g/mol. The molecule has 1 aromatic rings. The van der Waals surface area contributed by atoms with Gasteiger partial charge in [-0.2, -0.15) is 0 Å². The van der Waals surface area contributed by atoms with E-state index in [0.29, 0.717) is 12.0 Å². The van der Waals surface area contributed by atoms with Gasteiger partial charge in [-0.25, -0.2) is 0 Å². The Balaban J connectivity index is 2.83. The van der Waals surface area contributed by atoms with E-state index in [1.165, 1.54) is 15.7 Å². The zero-order valence-corrected chi connectivity index (χ0v) is 13.7. The summed E-state index contributed by atoms with van der Waals surface area (Å²) in [6.45, 7) is 10.8. The van der Waals surface area contributed by atoms with E-state index in [2.05, 4.69) is 79.1 Å². The first kappa shape index (κ1) is 15.5. The number of nitrogens with one attached hydrogen (secondary N) is 1. The summed E-state index contributed by atoms with van der Waals surface area (Å²) in [5, 5.41) is 3.35. The predicted octanol–water partition coefficient (Wildman–Crippen LogP) is 4.04. The predicted molar refractivity (Wildman–Crippen MR) is 84.2 cm³/mol. The molecule has 0 aliphatic rings. The van der Waals surface area contributed by atoms with Crippen molar-refractivity contribution < 1.29 is 0 Å². The van der Waals surface area contributed by atoms with Gasteiger partial charge in [0.05, 0.1) is 0 Å². The van der Waals surface area contributed by atoms with Gasteiger partial charge in [0.1, 0.15) is 0 Å². The Kier molecular flexibility index (Phi) is 6.16. The summed E-state index contributed by atoms with van der Waals surface area (Å²) >= 11 is 3.67. The van der Waals surface area contributed by atoms with E-state index in [-0.39, 0.29) is 0 Å². The molecule has 18 heavy (non-hydrogen) atoms. The highest BCUT2D eigenvalue weighted by molar-refractivity contribution is 9.10. The minimum absolute atomic E-state index is 0.538. The van der Waals surface area contributed by atoms with Crippen LogP contribution in [0.2, 0.25) is 0 Å². The monoisotopic (exact) mass is 312 g/mol. The Hall–Kier alpha value is -0.540. The van der Waals surface area contributed by atoms with Crippen molar-refractivity contribution in [2.45, 2.75) is 40.3 Å². The molecule has 0 spiro atoms. The molecule has 0 amide bonds. The molecule has 1 unspecified atom stereocenters. The Labute approximate surface area is 120 Å². The number of hydrogen-bond acceptors (Lipinski definition) is 2. The second-order valence-electron chi connectivity index (χ2n) is 5.15. The van der Waals surface area contributed by atoms with Crippen molar-refractivity contribution in [2.24, 2.45) is 5.92 Å². The third-order valence-electron chi connectivity index (χ3n) is 3.59. The van der Waals surface area contributed by atoms with Crippen LogP contribution in [-0.2, 0) is 6.54 Å². The smallest absolute Gasteiger partial charge is 0.0377 e. The number of rotatable bonds is 6. The molecular formula is C15H25BrN2. The largest absolute Gasteiger partial charge is 0.372 e. The zero-order chi connectivity index (χ0) is 13.7. The van der Waals surface area contributed by atoms with E-state index in [9.17, 15) is 0 Å². The highest BCUT2D eigenvalue weighted by atomic mass is 79.9. The van der Waals surface area contributed by atoms with Crippen LogP contribution in [0.1, 0.15) is 33.3 Å². The van der Waals surface area contributed by atoms with Gasteiger partial charge >= 0.3 is 0 Å². The van der Waals surface area contributed by atoms with Crippen LogP contribution in [0.3, 0.4) is 0 Å². The molecule has 0 radical (unpaired) electrons. The molecule has 0 aliphatic heterocycles. The van der Waals surface area contributed by atoms with Gasteiger partial charge in [-0.1, -0.05) is 42.8 Å². The molecule has 102 valence electrons. The molecule has 0 heterocycles. The lowest BCUT2D eigenvalue weighted by Crippen LogP contribution is -2.33. The third-order valence-corrected chi connectivity index (χ3v) is 4.32. The minimum Gasteiger partial charge on any atom is -0.372 e. The molecule has 0 saturated heterocycles. The van der Waals surface area contributed by atoms with Gasteiger partial charge in [-0.05, 0) is 37.1 Å². The number of nitrogens with zero attached hydrogens (tertiary/aromatic N) is 1. The van der Waals surface area contributed by atoms with Crippen molar-refractivity contribution >= 4 is 21.6 Å². The summed E-state index contributed by atoms with van der Waals surface area (Å²) in [6, 6.07) is 7.16. The molecule has 1 N–H and O–H groups in total. The van der Waals surface area contributed by atoms with Crippen LogP contribution >= 0.6 is 15.9 Å². The maximum atomic E-state index is 3.67. The maximum Gasteiger partial charge on any atom is 0.0377 e. The summed E-state index contributed by atoms with van der Waals surface area (Å²) in [5.41, 5.74) is 2.58. The van der Waals surface area contributed by atoms with E-state index in [4.69, 9.17) is 0 Å². The second kappa shape index (κ2) is 7.15. The highest BCUT2D eigenvalue weighted by Gasteiger charge is 2.14. The second-order valence-corrected chi connectivity index (χ2v) is 6.01. The average molecular weight is 313 g/mol. The van der Waals surface area contributed by atoms with Crippen molar-refractivity contribution in [3.05, 3.63) is 28.2 Å². The lowest BCUT2D eigenvalue weighted by Gasteiger charge is -2.30. The van der Waals surface area contributed by atoms with Crippen molar-refractivity contribution in [3.63, 3.8) is 0 Å². The van der Waals surface area contributed by atoms with Crippen LogP contribution < -0.4 is 10.2 Å². The quantitative estimate of drug-likeness (QED) is 0.853. The third kappa shape index (κ3) is 3.99. The first-order valence-corrected chi connectivity index (χ1v) is 7.48. The number of halogens is 1. The van der Waals surface area contributed by atoms with Crippen LogP contribution in [-0.4, -0.2) is 19.6 Å². The average Bonchev–Trinajstić information content (AvgIpc) is 2.35. The van der Waals surface area contributed by atoms with Crippen LogP contribution in [0.25, 0.3) is 0 Å². The lowest BCUT2D eigenvalue weighted by atomic mass is 10.0. The zero-order valence-electron chi connectivity index (χ0n) is 12.1. The van der Waals surface area contributed by atoms with E-state index in [1.807, 2.05) is 0 Å². The molecule has 3 heteroatoms. The van der Waals surface area contributed by atoms with Crippen LogP contribution in [0.15, 0.2) is 22.7 Å². The van der Waals surface area contributed by atoms with Gasteiger partial charge < -0.3 is 10.2 Å².